The van der Waals surface area contributed by atoms with Crippen molar-refractivity contribution < 1.29 is 4.74 Å². The molecule has 2 heterocycles. The Morgan fingerprint density at radius 3 is 2.53 bits per heavy atom. The summed E-state index contributed by atoms with van der Waals surface area (Å²) in [5.41, 5.74) is -0.339. The maximum Gasteiger partial charge on any atom is 0.330 e. The molecule has 0 spiro atoms. The van der Waals surface area contributed by atoms with Crippen molar-refractivity contribution in [3.63, 3.8) is 0 Å². The molecule has 2 aromatic heterocycles. The molecule has 19 heavy (non-hydrogen) atoms. The lowest BCUT2D eigenvalue weighted by atomic mass is 10.1. The molecule has 0 aliphatic rings. The van der Waals surface area contributed by atoms with Gasteiger partial charge in [0, 0.05) is 6.04 Å². The quantitative estimate of drug-likeness (QED) is 0.864. The van der Waals surface area contributed by atoms with Crippen LogP contribution in [0.5, 0.6) is 6.01 Å². The number of hydrogen-bond acceptors (Lipinski definition) is 4. The number of rotatable bonds is 4. The second-order valence-corrected chi connectivity index (χ2v) is 5.05. The number of fused-ring (bicyclic) bond motifs is 1. The fourth-order valence-electron chi connectivity index (χ4n) is 2.26. The molecule has 0 radical (unpaired) electrons. The Balaban J connectivity index is 2.62. The predicted octanol–water partition coefficient (Wildman–Crippen LogP) is 1.03. The number of H-pyrrole nitrogens is 2. The van der Waals surface area contributed by atoms with Crippen LogP contribution in [0.3, 0.4) is 0 Å². The molecule has 1 atom stereocenters. The van der Waals surface area contributed by atoms with Crippen molar-refractivity contribution >= 4 is 11.2 Å². The number of nitrogens with zero attached hydrogens (tertiary/aromatic N) is 2. The Morgan fingerprint density at radius 2 is 1.95 bits per heavy atom. The SMILES string of the molecule is COc1nc2[nH]c(=O)n(C(C)CC(C)C)c(=O)c2[nH]1. The van der Waals surface area contributed by atoms with Crippen molar-refractivity contribution in [1.29, 1.82) is 0 Å². The number of aromatic nitrogens is 4. The highest BCUT2D eigenvalue weighted by Gasteiger charge is 2.17. The molecule has 2 aromatic rings. The number of aromatic amines is 2. The third-order valence-electron chi connectivity index (χ3n) is 3.01. The van der Waals surface area contributed by atoms with Gasteiger partial charge < -0.3 is 9.72 Å². The van der Waals surface area contributed by atoms with Crippen molar-refractivity contribution in [3.8, 4) is 6.01 Å². The molecule has 2 N–H and O–H groups in total. The zero-order chi connectivity index (χ0) is 14.2. The van der Waals surface area contributed by atoms with E-state index in [1.807, 2.05) is 20.8 Å². The monoisotopic (exact) mass is 266 g/mol. The molecule has 0 fully saturated rings. The molecule has 2 rings (SSSR count). The topological polar surface area (TPSA) is 92.8 Å². The molecular weight excluding hydrogens is 248 g/mol. The van der Waals surface area contributed by atoms with E-state index < -0.39 is 5.69 Å². The zero-order valence-corrected chi connectivity index (χ0v) is 11.5. The standard InChI is InChI=1S/C12H18N4O3/c1-6(2)5-7(3)16-10(17)8-9(15-12(16)18)14-11(13-8)19-4/h6-7H,5H2,1-4H3,(H,13,14)(H,15,18). The highest BCUT2D eigenvalue weighted by Crippen LogP contribution is 2.14. The largest absolute Gasteiger partial charge is 0.468 e. The Morgan fingerprint density at radius 1 is 1.26 bits per heavy atom. The fraction of sp³-hybridized carbons (Fsp3) is 0.583. The lowest BCUT2D eigenvalue weighted by molar-refractivity contribution is 0.385. The highest BCUT2D eigenvalue weighted by atomic mass is 16.5. The average molecular weight is 266 g/mol. The van der Waals surface area contributed by atoms with Crippen molar-refractivity contribution in [2.75, 3.05) is 7.11 Å². The van der Waals surface area contributed by atoms with Crippen molar-refractivity contribution in [2.45, 2.75) is 33.2 Å². The first-order chi connectivity index (χ1) is 8.93. The van der Waals surface area contributed by atoms with Gasteiger partial charge in [-0.05, 0) is 19.3 Å². The highest BCUT2D eigenvalue weighted by molar-refractivity contribution is 5.69. The van der Waals surface area contributed by atoms with E-state index in [1.54, 1.807) is 0 Å². The van der Waals surface area contributed by atoms with Crippen LogP contribution < -0.4 is 16.0 Å². The molecule has 0 saturated carbocycles. The van der Waals surface area contributed by atoms with Crippen LogP contribution in [0, 0.1) is 5.92 Å². The molecule has 0 aliphatic carbocycles. The predicted molar refractivity (Wildman–Crippen MR) is 71.7 cm³/mol. The minimum absolute atomic E-state index is 0.171. The first-order valence-corrected chi connectivity index (χ1v) is 6.22. The molecule has 0 aromatic carbocycles. The average Bonchev–Trinajstić information content (AvgIpc) is 2.71. The molecule has 104 valence electrons. The number of nitrogens with one attached hydrogen (secondary N) is 2. The van der Waals surface area contributed by atoms with E-state index in [9.17, 15) is 9.59 Å². The van der Waals surface area contributed by atoms with Gasteiger partial charge in [0.15, 0.2) is 11.2 Å². The van der Waals surface area contributed by atoms with Gasteiger partial charge in [0.1, 0.15) is 0 Å². The van der Waals surface area contributed by atoms with Gasteiger partial charge in [-0.3, -0.25) is 14.3 Å². The molecule has 0 aliphatic heterocycles. The Kier molecular flexibility index (Phi) is 3.46. The van der Waals surface area contributed by atoms with Crippen LogP contribution in [0.25, 0.3) is 11.2 Å². The van der Waals surface area contributed by atoms with Crippen LogP contribution in [0.4, 0.5) is 0 Å². The summed E-state index contributed by atoms with van der Waals surface area (Å²) in [5, 5.41) is 0. The smallest absolute Gasteiger partial charge is 0.330 e. The van der Waals surface area contributed by atoms with E-state index in [4.69, 9.17) is 4.74 Å². The second-order valence-electron chi connectivity index (χ2n) is 5.05. The lowest BCUT2D eigenvalue weighted by Gasteiger charge is -2.15. The Bertz CT molecular complexity index is 695. The summed E-state index contributed by atoms with van der Waals surface area (Å²) in [5.74, 6) is 0.397. The number of hydrogen-bond donors (Lipinski definition) is 2. The molecule has 0 bridgehead atoms. The summed E-state index contributed by atoms with van der Waals surface area (Å²) in [6, 6.07) is 0.0342. The van der Waals surface area contributed by atoms with Crippen molar-refractivity contribution in [3.05, 3.63) is 20.8 Å². The van der Waals surface area contributed by atoms with E-state index >= 15 is 0 Å². The lowest BCUT2D eigenvalue weighted by Crippen LogP contribution is -2.37. The van der Waals surface area contributed by atoms with Gasteiger partial charge in [0.2, 0.25) is 0 Å². The van der Waals surface area contributed by atoms with Crippen molar-refractivity contribution in [2.24, 2.45) is 5.92 Å². The molecule has 0 amide bonds. The summed E-state index contributed by atoms with van der Waals surface area (Å²) < 4.78 is 6.14. The van der Waals surface area contributed by atoms with Crippen LogP contribution >= 0.6 is 0 Å². The summed E-state index contributed by atoms with van der Waals surface area (Å²) >= 11 is 0. The van der Waals surface area contributed by atoms with Gasteiger partial charge in [0.05, 0.1) is 7.11 Å². The maximum absolute atomic E-state index is 12.3. The number of methoxy groups -OCH3 is 1. The fourth-order valence-corrected chi connectivity index (χ4v) is 2.26. The zero-order valence-electron chi connectivity index (χ0n) is 11.5. The van der Waals surface area contributed by atoms with Gasteiger partial charge >= 0.3 is 5.69 Å². The molecule has 0 saturated heterocycles. The molecule has 7 nitrogen and oxygen atoms in total. The summed E-state index contributed by atoms with van der Waals surface area (Å²) in [7, 11) is 1.44. The van der Waals surface area contributed by atoms with E-state index in [2.05, 4.69) is 15.0 Å². The molecule has 7 heteroatoms. The van der Waals surface area contributed by atoms with Gasteiger partial charge in [-0.25, -0.2) is 4.79 Å². The van der Waals surface area contributed by atoms with Gasteiger partial charge in [-0.15, -0.1) is 0 Å². The van der Waals surface area contributed by atoms with Gasteiger partial charge in [-0.2, -0.15) is 4.98 Å². The van der Waals surface area contributed by atoms with E-state index in [0.29, 0.717) is 5.92 Å². The van der Waals surface area contributed by atoms with Crippen molar-refractivity contribution in [1.82, 2.24) is 19.5 Å². The maximum atomic E-state index is 12.3. The van der Waals surface area contributed by atoms with Crippen LogP contribution in [0.2, 0.25) is 0 Å². The van der Waals surface area contributed by atoms with Crippen LogP contribution in [0.1, 0.15) is 33.2 Å². The van der Waals surface area contributed by atoms with Gasteiger partial charge in [0.25, 0.3) is 11.6 Å². The summed E-state index contributed by atoms with van der Waals surface area (Å²) in [6.07, 6.45) is 0.750. The Labute approximate surface area is 109 Å². The summed E-state index contributed by atoms with van der Waals surface area (Å²) in [4.78, 5) is 33.6. The van der Waals surface area contributed by atoms with Crippen LogP contribution in [-0.4, -0.2) is 26.6 Å². The molecular formula is C12H18N4O3. The minimum Gasteiger partial charge on any atom is -0.468 e. The molecule has 1 unspecified atom stereocenters. The normalized spacial score (nSPS) is 13.1. The van der Waals surface area contributed by atoms with Gasteiger partial charge in [-0.1, -0.05) is 13.8 Å². The number of imidazole rings is 1. The Hall–Kier alpha value is -2.05. The number of ether oxygens (including phenoxy) is 1. The first-order valence-electron chi connectivity index (χ1n) is 6.22. The summed E-state index contributed by atoms with van der Waals surface area (Å²) in [6.45, 7) is 5.96. The van der Waals surface area contributed by atoms with E-state index in [-0.39, 0.29) is 28.8 Å². The second kappa shape index (κ2) is 4.91. The third kappa shape index (κ3) is 2.40. The van der Waals surface area contributed by atoms with Crippen LogP contribution in [0.15, 0.2) is 9.59 Å². The van der Waals surface area contributed by atoms with Crippen LogP contribution in [-0.2, 0) is 0 Å². The van der Waals surface area contributed by atoms with E-state index in [0.717, 1.165) is 6.42 Å². The first kappa shape index (κ1) is 13.4. The minimum atomic E-state index is -0.445. The van der Waals surface area contributed by atoms with E-state index in [1.165, 1.54) is 11.7 Å². The third-order valence-corrected chi connectivity index (χ3v) is 3.01.